The van der Waals surface area contributed by atoms with Crippen LogP contribution in [-0.4, -0.2) is 24.4 Å². The lowest BCUT2D eigenvalue weighted by Gasteiger charge is -2.16. The number of carbonyl (C=O) groups excluding carboxylic acids is 1. The molecule has 0 spiro atoms. The highest BCUT2D eigenvalue weighted by molar-refractivity contribution is 5.94. The summed E-state index contributed by atoms with van der Waals surface area (Å²) in [5.41, 5.74) is 4.98. The second-order valence-electron chi connectivity index (χ2n) is 3.34. The molecule has 0 aliphatic heterocycles. The van der Waals surface area contributed by atoms with Crippen LogP contribution in [0.5, 0.6) is 5.75 Å². The number of methoxy groups -OCH3 is 1. The van der Waals surface area contributed by atoms with E-state index < -0.39 is 18.1 Å². The van der Waals surface area contributed by atoms with Crippen LogP contribution in [0.3, 0.4) is 0 Å². The number of hydrogen-bond donors (Lipinski definition) is 1. The van der Waals surface area contributed by atoms with Crippen LogP contribution in [0.15, 0.2) is 6.20 Å². The summed E-state index contributed by atoms with van der Waals surface area (Å²) in [5, 5.41) is 0. The van der Waals surface area contributed by atoms with Gasteiger partial charge in [-0.2, -0.15) is 0 Å². The standard InChI is InChI=1S/C10H11F3N2O3/c1-5-4-15-6(3-14)8(18-10(11,12)13)7(5)9(16)17-2/h4H,3,14H2,1-2H3. The number of ether oxygens (including phenoxy) is 2. The van der Waals surface area contributed by atoms with Gasteiger partial charge < -0.3 is 15.2 Å². The first-order valence-electron chi connectivity index (χ1n) is 4.82. The average Bonchev–Trinajstić information content (AvgIpc) is 2.27. The van der Waals surface area contributed by atoms with E-state index in [2.05, 4.69) is 14.5 Å². The molecular formula is C10H11F3N2O3. The number of nitrogens with zero attached hydrogens (tertiary/aromatic N) is 1. The molecule has 100 valence electrons. The predicted octanol–water partition coefficient (Wildman–Crippen LogP) is 1.53. The van der Waals surface area contributed by atoms with Crippen molar-refractivity contribution in [2.75, 3.05) is 7.11 Å². The molecule has 0 unspecified atom stereocenters. The Morgan fingerprint density at radius 1 is 1.50 bits per heavy atom. The lowest BCUT2D eigenvalue weighted by molar-refractivity contribution is -0.275. The minimum atomic E-state index is -4.94. The summed E-state index contributed by atoms with van der Waals surface area (Å²) < 4.78 is 45.1. The highest BCUT2D eigenvalue weighted by Gasteiger charge is 2.35. The van der Waals surface area contributed by atoms with E-state index in [1.54, 1.807) is 0 Å². The molecule has 0 bridgehead atoms. The van der Waals surface area contributed by atoms with Crippen molar-refractivity contribution in [2.24, 2.45) is 5.73 Å². The summed E-state index contributed by atoms with van der Waals surface area (Å²) in [6.07, 6.45) is -3.71. The molecule has 1 rings (SSSR count). The molecule has 0 fully saturated rings. The number of pyridine rings is 1. The normalized spacial score (nSPS) is 11.2. The van der Waals surface area contributed by atoms with Crippen LogP contribution in [0.1, 0.15) is 21.6 Å². The Morgan fingerprint density at radius 2 is 2.11 bits per heavy atom. The van der Waals surface area contributed by atoms with Gasteiger partial charge in [0.05, 0.1) is 12.8 Å². The molecule has 1 aromatic heterocycles. The van der Waals surface area contributed by atoms with Crippen LogP contribution >= 0.6 is 0 Å². The summed E-state index contributed by atoms with van der Waals surface area (Å²) in [6, 6.07) is 0. The van der Waals surface area contributed by atoms with Crippen LogP contribution in [0, 0.1) is 6.92 Å². The molecule has 1 aromatic rings. The van der Waals surface area contributed by atoms with Gasteiger partial charge in [-0.15, -0.1) is 13.2 Å². The molecule has 0 saturated heterocycles. The first-order chi connectivity index (χ1) is 8.30. The molecule has 1 heterocycles. The molecule has 0 atom stereocenters. The van der Waals surface area contributed by atoms with E-state index in [1.165, 1.54) is 13.1 Å². The zero-order chi connectivity index (χ0) is 13.9. The Morgan fingerprint density at radius 3 is 2.56 bits per heavy atom. The van der Waals surface area contributed by atoms with E-state index in [4.69, 9.17) is 5.73 Å². The number of nitrogens with two attached hydrogens (primary N) is 1. The van der Waals surface area contributed by atoms with Gasteiger partial charge in [0.15, 0.2) is 5.75 Å². The third kappa shape index (κ3) is 3.10. The van der Waals surface area contributed by atoms with Gasteiger partial charge in [-0.25, -0.2) is 4.79 Å². The Bertz CT molecular complexity index is 460. The van der Waals surface area contributed by atoms with Crippen LogP contribution < -0.4 is 10.5 Å². The predicted molar refractivity (Wildman–Crippen MR) is 54.9 cm³/mol. The first-order valence-corrected chi connectivity index (χ1v) is 4.82. The van der Waals surface area contributed by atoms with Crippen LogP contribution in [-0.2, 0) is 11.3 Å². The van der Waals surface area contributed by atoms with E-state index in [-0.39, 0.29) is 23.4 Å². The summed E-state index contributed by atoms with van der Waals surface area (Å²) in [4.78, 5) is 15.2. The lowest BCUT2D eigenvalue weighted by atomic mass is 10.1. The lowest BCUT2D eigenvalue weighted by Crippen LogP contribution is -2.22. The highest BCUT2D eigenvalue weighted by atomic mass is 19.4. The highest BCUT2D eigenvalue weighted by Crippen LogP contribution is 2.31. The molecule has 0 aliphatic carbocycles. The number of carbonyl (C=O) groups is 1. The first kappa shape index (κ1) is 14.2. The van der Waals surface area contributed by atoms with Gasteiger partial charge in [0.1, 0.15) is 5.56 Å². The van der Waals surface area contributed by atoms with Gasteiger partial charge in [0, 0.05) is 12.7 Å². The topological polar surface area (TPSA) is 74.4 Å². The summed E-state index contributed by atoms with van der Waals surface area (Å²) in [7, 11) is 1.06. The van der Waals surface area contributed by atoms with Crippen molar-refractivity contribution in [1.29, 1.82) is 0 Å². The number of aromatic nitrogens is 1. The van der Waals surface area contributed by atoms with Gasteiger partial charge in [-0.05, 0) is 12.5 Å². The van der Waals surface area contributed by atoms with Crippen molar-refractivity contribution < 1.29 is 27.4 Å². The van der Waals surface area contributed by atoms with Crippen molar-refractivity contribution in [3.05, 3.63) is 23.0 Å². The van der Waals surface area contributed by atoms with E-state index in [0.29, 0.717) is 0 Å². The number of alkyl halides is 3. The minimum absolute atomic E-state index is 0.168. The second-order valence-corrected chi connectivity index (χ2v) is 3.34. The fraction of sp³-hybridized carbons (Fsp3) is 0.400. The van der Waals surface area contributed by atoms with Gasteiger partial charge in [0.25, 0.3) is 0 Å². The molecule has 0 radical (unpaired) electrons. The number of hydrogen-bond acceptors (Lipinski definition) is 5. The summed E-state index contributed by atoms with van der Waals surface area (Å²) >= 11 is 0. The minimum Gasteiger partial charge on any atom is -0.465 e. The molecule has 0 aliphatic rings. The van der Waals surface area contributed by atoms with E-state index in [0.717, 1.165) is 7.11 Å². The van der Waals surface area contributed by atoms with Crippen molar-refractivity contribution in [3.8, 4) is 5.75 Å². The van der Waals surface area contributed by atoms with Crippen molar-refractivity contribution in [3.63, 3.8) is 0 Å². The van der Waals surface area contributed by atoms with E-state index in [9.17, 15) is 18.0 Å². The second kappa shape index (κ2) is 5.21. The number of aryl methyl sites for hydroxylation is 1. The van der Waals surface area contributed by atoms with Crippen LogP contribution in [0.2, 0.25) is 0 Å². The summed E-state index contributed by atoms with van der Waals surface area (Å²) in [5.74, 6) is -1.65. The van der Waals surface area contributed by atoms with Gasteiger partial charge in [-0.3, -0.25) is 4.98 Å². The summed E-state index contributed by atoms with van der Waals surface area (Å²) in [6.45, 7) is 1.12. The zero-order valence-corrected chi connectivity index (χ0v) is 9.67. The number of rotatable bonds is 3. The quantitative estimate of drug-likeness (QED) is 0.838. The molecule has 0 saturated carbocycles. The third-order valence-corrected chi connectivity index (χ3v) is 2.10. The molecule has 0 amide bonds. The number of esters is 1. The Labute approximate surface area is 101 Å². The van der Waals surface area contributed by atoms with Gasteiger partial charge >= 0.3 is 12.3 Å². The molecule has 8 heteroatoms. The maximum absolute atomic E-state index is 12.3. The van der Waals surface area contributed by atoms with Crippen LogP contribution in [0.25, 0.3) is 0 Å². The van der Waals surface area contributed by atoms with Crippen molar-refractivity contribution in [1.82, 2.24) is 4.98 Å². The Kier molecular flexibility index (Phi) is 4.12. The molecular weight excluding hydrogens is 253 g/mol. The smallest absolute Gasteiger partial charge is 0.465 e. The molecule has 2 N–H and O–H groups in total. The average molecular weight is 264 g/mol. The number of halogens is 3. The maximum Gasteiger partial charge on any atom is 0.573 e. The van der Waals surface area contributed by atoms with Crippen LogP contribution in [0.4, 0.5) is 13.2 Å². The van der Waals surface area contributed by atoms with E-state index in [1.807, 2.05) is 0 Å². The largest absolute Gasteiger partial charge is 0.573 e. The fourth-order valence-corrected chi connectivity index (χ4v) is 1.35. The maximum atomic E-state index is 12.3. The monoisotopic (exact) mass is 264 g/mol. The third-order valence-electron chi connectivity index (χ3n) is 2.10. The fourth-order valence-electron chi connectivity index (χ4n) is 1.35. The Hall–Kier alpha value is -1.83. The Balaban J connectivity index is 3.41. The van der Waals surface area contributed by atoms with Gasteiger partial charge in [-0.1, -0.05) is 0 Å². The molecule has 0 aromatic carbocycles. The van der Waals surface area contributed by atoms with E-state index >= 15 is 0 Å². The SMILES string of the molecule is COC(=O)c1c(C)cnc(CN)c1OC(F)(F)F. The molecule has 5 nitrogen and oxygen atoms in total. The zero-order valence-electron chi connectivity index (χ0n) is 9.67. The molecule has 18 heavy (non-hydrogen) atoms. The van der Waals surface area contributed by atoms with Crippen molar-refractivity contribution in [2.45, 2.75) is 19.8 Å². The van der Waals surface area contributed by atoms with Gasteiger partial charge in [0.2, 0.25) is 0 Å². The van der Waals surface area contributed by atoms with Crippen molar-refractivity contribution >= 4 is 5.97 Å².